The Balaban J connectivity index is 1.79. The van der Waals surface area contributed by atoms with Crippen molar-refractivity contribution in [3.8, 4) is 6.07 Å². The van der Waals surface area contributed by atoms with Gasteiger partial charge in [-0.25, -0.2) is 4.79 Å². The molecule has 1 aliphatic carbocycles. The summed E-state index contributed by atoms with van der Waals surface area (Å²) < 4.78 is 10.8. The molecule has 0 spiro atoms. The first-order valence-corrected chi connectivity index (χ1v) is 11.4. The molecule has 1 aliphatic heterocycles. The lowest BCUT2D eigenvalue weighted by Gasteiger charge is -2.28. The average molecular weight is 442 g/mol. The molecular formula is C23H27N3O4S. The van der Waals surface area contributed by atoms with E-state index in [9.17, 15) is 14.9 Å². The van der Waals surface area contributed by atoms with Gasteiger partial charge in [-0.15, -0.1) is 0 Å². The number of hydrogen-bond acceptors (Lipinski definition) is 7. The third kappa shape index (κ3) is 5.61. The lowest BCUT2D eigenvalue weighted by molar-refractivity contribution is -0.138. The van der Waals surface area contributed by atoms with Gasteiger partial charge < -0.3 is 19.8 Å². The normalized spacial score (nSPS) is 19.4. The first-order chi connectivity index (χ1) is 15.0. The minimum Gasteiger partial charge on any atom is -0.468 e. The van der Waals surface area contributed by atoms with Gasteiger partial charge in [0, 0.05) is 11.7 Å². The molecular weight excluding hydrogens is 414 g/mol. The van der Waals surface area contributed by atoms with E-state index in [1.54, 1.807) is 19.1 Å². The smallest absolute Gasteiger partial charge is 0.337 e. The van der Waals surface area contributed by atoms with Crippen molar-refractivity contribution in [2.75, 3.05) is 12.4 Å². The zero-order valence-corrected chi connectivity index (χ0v) is 18.4. The van der Waals surface area contributed by atoms with Gasteiger partial charge in [0.1, 0.15) is 12.4 Å². The van der Waals surface area contributed by atoms with Crippen molar-refractivity contribution in [3.63, 3.8) is 0 Å². The molecule has 7 nitrogen and oxygen atoms in total. The Hall–Kier alpha value is -2.92. The highest BCUT2D eigenvalue weighted by molar-refractivity contribution is 8.03. The molecule has 0 saturated heterocycles. The number of thioether (sulfide) groups is 1. The number of carbonyl (C=O) groups is 2. The third-order valence-electron chi connectivity index (χ3n) is 5.35. The third-order valence-corrected chi connectivity index (χ3v) is 6.36. The monoisotopic (exact) mass is 441 g/mol. The molecule has 1 fully saturated rings. The molecule has 0 unspecified atom stereocenters. The molecule has 1 atom stereocenters. The van der Waals surface area contributed by atoms with Gasteiger partial charge in [0.15, 0.2) is 0 Å². The molecule has 8 heteroatoms. The Labute approximate surface area is 186 Å². The second-order valence-electron chi connectivity index (χ2n) is 7.54. The number of hydrogen-bond donors (Lipinski definition) is 2. The van der Waals surface area contributed by atoms with Crippen molar-refractivity contribution in [1.29, 1.82) is 5.26 Å². The number of rotatable bonds is 8. The van der Waals surface area contributed by atoms with Crippen LogP contribution >= 0.6 is 11.8 Å². The van der Waals surface area contributed by atoms with Crippen LogP contribution < -0.4 is 10.6 Å². The largest absolute Gasteiger partial charge is 0.468 e. The number of nitrogens with one attached hydrogen (secondary N) is 2. The number of amides is 1. The molecule has 1 saturated carbocycles. The maximum atomic E-state index is 12.7. The maximum absolute atomic E-state index is 12.7. The average Bonchev–Trinajstić information content (AvgIpc) is 3.30. The number of esters is 1. The summed E-state index contributed by atoms with van der Waals surface area (Å²) in [7, 11) is 0. The van der Waals surface area contributed by atoms with Crippen LogP contribution in [0, 0.1) is 11.3 Å². The summed E-state index contributed by atoms with van der Waals surface area (Å²) in [6.07, 6.45) is 8.52. The van der Waals surface area contributed by atoms with Crippen molar-refractivity contribution in [2.45, 2.75) is 51.0 Å². The van der Waals surface area contributed by atoms with E-state index < -0.39 is 11.9 Å². The fourth-order valence-corrected chi connectivity index (χ4v) is 4.81. The van der Waals surface area contributed by atoms with Gasteiger partial charge in [0.25, 0.3) is 0 Å². The van der Waals surface area contributed by atoms with Crippen molar-refractivity contribution >= 4 is 23.6 Å². The summed E-state index contributed by atoms with van der Waals surface area (Å²) in [5, 5.41) is 16.7. The molecule has 1 aromatic heterocycles. The number of nitrogens with zero attached hydrogens (tertiary/aromatic N) is 1. The van der Waals surface area contributed by atoms with Crippen LogP contribution in [0.15, 0.2) is 57.3 Å². The summed E-state index contributed by atoms with van der Waals surface area (Å²) in [5.74, 6) is -0.664. The molecule has 0 aromatic carbocycles. The van der Waals surface area contributed by atoms with Gasteiger partial charge in [-0.1, -0.05) is 43.7 Å². The zero-order chi connectivity index (χ0) is 22.2. The predicted molar refractivity (Wildman–Crippen MR) is 119 cm³/mol. The Morgan fingerprint density at radius 2 is 2.19 bits per heavy atom. The Morgan fingerprint density at radius 3 is 2.84 bits per heavy atom. The number of dihydropyridines is 1. The Morgan fingerprint density at radius 1 is 1.42 bits per heavy atom. The van der Waals surface area contributed by atoms with E-state index in [2.05, 4.69) is 23.3 Å². The van der Waals surface area contributed by atoms with Gasteiger partial charge in [-0.3, -0.25) is 4.79 Å². The van der Waals surface area contributed by atoms with Gasteiger partial charge in [0.05, 0.1) is 40.2 Å². The molecule has 2 heterocycles. The molecule has 0 radical (unpaired) electrons. The van der Waals surface area contributed by atoms with Crippen LogP contribution in [0.2, 0.25) is 0 Å². The van der Waals surface area contributed by atoms with Gasteiger partial charge in [-0.05, 0) is 31.9 Å². The first-order valence-electron chi connectivity index (χ1n) is 10.4. The van der Waals surface area contributed by atoms with Gasteiger partial charge >= 0.3 is 5.97 Å². The Bertz CT molecular complexity index is 921. The SMILES string of the molecule is C=CCOC(=O)C1=C(C)NC(SCC(=O)NC2CCCCC2)=C(C#N)[C@H]1c1ccco1. The summed E-state index contributed by atoms with van der Waals surface area (Å²) >= 11 is 1.25. The number of ether oxygens (including phenoxy) is 1. The second-order valence-corrected chi connectivity index (χ2v) is 8.53. The van der Waals surface area contributed by atoms with E-state index in [0.717, 1.165) is 25.7 Å². The van der Waals surface area contributed by atoms with Crippen molar-refractivity contribution in [1.82, 2.24) is 10.6 Å². The van der Waals surface area contributed by atoms with Crippen LogP contribution in [0.3, 0.4) is 0 Å². The second kappa shape index (κ2) is 10.9. The molecule has 1 aromatic rings. The summed E-state index contributed by atoms with van der Waals surface area (Å²) in [4.78, 5) is 25.2. The molecule has 0 bridgehead atoms. The maximum Gasteiger partial charge on any atom is 0.337 e. The number of nitriles is 1. The highest BCUT2D eigenvalue weighted by atomic mass is 32.2. The summed E-state index contributed by atoms with van der Waals surface area (Å²) in [5.41, 5.74) is 1.19. The highest BCUT2D eigenvalue weighted by Crippen LogP contribution is 2.41. The molecule has 164 valence electrons. The number of furan rings is 1. The summed E-state index contributed by atoms with van der Waals surface area (Å²) in [6, 6.07) is 5.86. The highest BCUT2D eigenvalue weighted by Gasteiger charge is 2.37. The zero-order valence-electron chi connectivity index (χ0n) is 17.6. The quantitative estimate of drug-likeness (QED) is 0.466. The van der Waals surface area contributed by atoms with Crippen molar-refractivity contribution in [2.24, 2.45) is 0 Å². The molecule has 2 aliphatic rings. The lowest BCUT2D eigenvalue weighted by Crippen LogP contribution is -2.37. The summed E-state index contributed by atoms with van der Waals surface area (Å²) in [6.45, 7) is 5.37. The number of carbonyl (C=O) groups excluding carboxylic acids is 2. The first kappa shape index (κ1) is 22.8. The van der Waals surface area contributed by atoms with Crippen LogP contribution in [-0.4, -0.2) is 30.3 Å². The van der Waals surface area contributed by atoms with Crippen LogP contribution in [0.5, 0.6) is 0 Å². The van der Waals surface area contributed by atoms with Crippen molar-refractivity contribution in [3.05, 3.63) is 58.7 Å². The molecule has 3 rings (SSSR count). The van der Waals surface area contributed by atoms with E-state index in [0.29, 0.717) is 27.6 Å². The molecule has 31 heavy (non-hydrogen) atoms. The standard InChI is InChI=1S/C23H27N3O4S/c1-3-11-30-23(28)20-15(2)25-22(17(13-24)21(20)18-10-7-12-29-18)31-14-19(27)26-16-8-5-4-6-9-16/h3,7,10,12,16,21,25H,1,4-6,8-9,11,14H2,2H3,(H,26,27)/t21-/m0/s1. The molecule has 1 amide bonds. The van der Waals surface area contributed by atoms with E-state index in [1.807, 2.05) is 0 Å². The van der Waals surface area contributed by atoms with Crippen LogP contribution in [0.25, 0.3) is 0 Å². The lowest BCUT2D eigenvalue weighted by atomic mass is 9.86. The molecule has 2 N–H and O–H groups in total. The van der Waals surface area contributed by atoms with E-state index in [1.165, 1.54) is 30.5 Å². The van der Waals surface area contributed by atoms with E-state index in [4.69, 9.17) is 9.15 Å². The predicted octanol–water partition coefficient (Wildman–Crippen LogP) is 3.89. The Kier molecular flexibility index (Phi) is 8.01. The van der Waals surface area contributed by atoms with Crippen molar-refractivity contribution < 1.29 is 18.7 Å². The van der Waals surface area contributed by atoms with Crippen LogP contribution in [0.4, 0.5) is 0 Å². The number of allylic oxidation sites excluding steroid dienone is 2. The fraction of sp³-hybridized carbons (Fsp3) is 0.435. The minimum absolute atomic E-state index is 0.0594. The minimum atomic E-state index is -0.706. The fourth-order valence-electron chi connectivity index (χ4n) is 3.90. The van der Waals surface area contributed by atoms with Gasteiger partial charge in [0.2, 0.25) is 5.91 Å². The van der Waals surface area contributed by atoms with Crippen LogP contribution in [-0.2, 0) is 14.3 Å². The topological polar surface area (TPSA) is 104 Å². The van der Waals surface area contributed by atoms with E-state index in [-0.39, 0.29) is 24.3 Å². The van der Waals surface area contributed by atoms with Crippen LogP contribution in [0.1, 0.15) is 50.7 Å². The van der Waals surface area contributed by atoms with E-state index >= 15 is 0 Å². The van der Waals surface area contributed by atoms with Gasteiger partial charge in [-0.2, -0.15) is 5.26 Å².